The van der Waals surface area contributed by atoms with E-state index in [1.807, 2.05) is 6.07 Å². The van der Waals surface area contributed by atoms with E-state index in [0.29, 0.717) is 17.6 Å². The Balaban J connectivity index is 2.15. The number of piperidine rings is 1. The van der Waals surface area contributed by atoms with E-state index >= 15 is 0 Å². The molecule has 2 rings (SSSR count). The van der Waals surface area contributed by atoms with Gasteiger partial charge in [0.25, 0.3) is 0 Å². The molecule has 0 aliphatic carbocycles. The van der Waals surface area contributed by atoms with Gasteiger partial charge in [-0.25, -0.2) is 0 Å². The Labute approximate surface area is 116 Å². The average molecular weight is 262 g/mol. The van der Waals surface area contributed by atoms with Crippen molar-refractivity contribution in [3.8, 4) is 5.75 Å². The third kappa shape index (κ3) is 3.10. The summed E-state index contributed by atoms with van der Waals surface area (Å²) >= 11 is 0. The highest BCUT2D eigenvalue weighted by Crippen LogP contribution is 2.33. The van der Waals surface area contributed by atoms with Gasteiger partial charge in [-0.2, -0.15) is 0 Å². The Hall–Kier alpha value is -1.06. The summed E-state index contributed by atoms with van der Waals surface area (Å²) in [7, 11) is 0. The lowest BCUT2D eigenvalue weighted by Crippen LogP contribution is -2.43. The topological polar surface area (TPSA) is 49.5 Å². The van der Waals surface area contributed by atoms with E-state index in [2.05, 4.69) is 31.7 Å². The van der Waals surface area contributed by atoms with Crippen LogP contribution in [0.25, 0.3) is 0 Å². The van der Waals surface area contributed by atoms with Gasteiger partial charge >= 0.3 is 0 Å². The van der Waals surface area contributed by atoms with Gasteiger partial charge in [0.2, 0.25) is 0 Å². The van der Waals surface area contributed by atoms with Crippen molar-refractivity contribution in [2.75, 3.05) is 19.6 Å². The predicted octanol–water partition coefficient (Wildman–Crippen LogP) is 2.68. The lowest BCUT2D eigenvalue weighted by Gasteiger charge is -2.40. The zero-order valence-electron chi connectivity index (χ0n) is 12.3. The van der Waals surface area contributed by atoms with Gasteiger partial charge in [0.1, 0.15) is 5.75 Å². The number of nitrogens with zero attached hydrogens (tertiary/aromatic N) is 1. The molecule has 0 amide bonds. The summed E-state index contributed by atoms with van der Waals surface area (Å²) in [6.07, 6.45) is 1.19. The summed E-state index contributed by atoms with van der Waals surface area (Å²) in [5, 5.41) is 10.1. The van der Waals surface area contributed by atoms with Crippen LogP contribution >= 0.6 is 0 Å². The minimum absolute atomic E-state index is 0.251. The first-order valence-corrected chi connectivity index (χ1v) is 7.26. The standard InChI is InChI=1S/C16H26N2O/c1-11-4-5-16(19)15(8-11)13(3)18-7-6-12(2)14(9-17)10-18/h4-5,8,12-14,19H,6-7,9-10,17H2,1-3H3. The number of phenols is 1. The van der Waals surface area contributed by atoms with Crippen LogP contribution in [0.15, 0.2) is 18.2 Å². The molecule has 0 aromatic heterocycles. The van der Waals surface area contributed by atoms with Gasteiger partial charge in [-0.05, 0) is 51.3 Å². The molecule has 3 unspecified atom stereocenters. The van der Waals surface area contributed by atoms with E-state index in [1.165, 1.54) is 12.0 Å². The number of rotatable bonds is 3. The molecule has 3 atom stereocenters. The van der Waals surface area contributed by atoms with Crippen molar-refractivity contribution in [3.05, 3.63) is 29.3 Å². The van der Waals surface area contributed by atoms with Gasteiger partial charge in [-0.3, -0.25) is 4.90 Å². The van der Waals surface area contributed by atoms with Crippen LogP contribution in [0.2, 0.25) is 0 Å². The van der Waals surface area contributed by atoms with Crippen molar-refractivity contribution in [1.29, 1.82) is 0 Å². The van der Waals surface area contributed by atoms with Crippen molar-refractivity contribution in [2.45, 2.75) is 33.2 Å². The Kier molecular flexibility index (Phi) is 4.48. The first-order chi connectivity index (χ1) is 9.02. The molecule has 3 N–H and O–H groups in total. The first-order valence-electron chi connectivity index (χ1n) is 7.26. The summed E-state index contributed by atoms with van der Waals surface area (Å²) in [6.45, 7) is 9.42. The molecule has 1 heterocycles. The molecular weight excluding hydrogens is 236 g/mol. The number of aromatic hydroxyl groups is 1. The maximum atomic E-state index is 10.1. The fraction of sp³-hybridized carbons (Fsp3) is 0.625. The Morgan fingerprint density at radius 3 is 2.89 bits per heavy atom. The number of likely N-dealkylation sites (tertiary alicyclic amines) is 1. The van der Waals surface area contributed by atoms with Crippen molar-refractivity contribution >= 4 is 0 Å². The largest absolute Gasteiger partial charge is 0.508 e. The van der Waals surface area contributed by atoms with Crippen LogP contribution in [-0.2, 0) is 0 Å². The summed E-state index contributed by atoms with van der Waals surface area (Å²) < 4.78 is 0. The van der Waals surface area contributed by atoms with Crippen LogP contribution in [-0.4, -0.2) is 29.6 Å². The predicted molar refractivity (Wildman–Crippen MR) is 79.2 cm³/mol. The SMILES string of the molecule is Cc1ccc(O)c(C(C)N2CCC(C)C(CN)C2)c1. The Bertz CT molecular complexity index is 433. The van der Waals surface area contributed by atoms with E-state index in [-0.39, 0.29) is 6.04 Å². The second-order valence-corrected chi connectivity index (χ2v) is 5.99. The van der Waals surface area contributed by atoms with E-state index < -0.39 is 0 Å². The van der Waals surface area contributed by atoms with Crippen molar-refractivity contribution in [3.63, 3.8) is 0 Å². The number of nitrogens with two attached hydrogens (primary N) is 1. The second kappa shape index (κ2) is 5.93. The Morgan fingerprint density at radius 1 is 1.47 bits per heavy atom. The van der Waals surface area contributed by atoms with Gasteiger partial charge in [-0.1, -0.05) is 24.6 Å². The van der Waals surface area contributed by atoms with E-state index in [9.17, 15) is 5.11 Å². The molecule has 0 saturated carbocycles. The van der Waals surface area contributed by atoms with Gasteiger partial charge in [0.15, 0.2) is 0 Å². The van der Waals surface area contributed by atoms with Gasteiger partial charge in [0.05, 0.1) is 0 Å². The molecule has 3 heteroatoms. The smallest absolute Gasteiger partial charge is 0.120 e. The minimum Gasteiger partial charge on any atom is -0.508 e. The summed E-state index contributed by atoms with van der Waals surface area (Å²) in [4.78, 5) is 2.45. The zero-order chi connectivity index (χ0) is 14.0. The molecule has 1 aromatic rings. The van der Waals surface area contributed by atoms with Crippen molar-refractivity contribution in [2.24, 2.45) is 17.6 Å². The highest BCUT2D eigenvalue weighted by molar-refractivity contribution is 5.37. The number of benzene rings is 1. The molecular formula is C16H26N2O. The third-order valence-corrected chi connectivity index (χ3v) is 4.63. The van der Waals surface area contributed by atoms with Gasteiger partial charge in [0, 0.05) is 18.2 Å². The van der Waals surface area contributed by atoms with Crippen LogP contribution in [0.4, 0.5) is 0 Å². The lowest BCUT2D eigenvalue weighted by atomic mass is 9.86. The zero-order valence-corrected chi connectivity index (χ0v) is 12.3. The molecule has 1 saturated heterocycles. The number of phenolic OH excluding ortho intramolecular Hbond substituents is 1. The Morgan fingerprint density at radius 2 is 2.21 bits per heavy atom. The molecule has 0 bridgehead atoms. The first kappa shape index (κ1) is 14.4. The molecule has 1 aromatic carbocycles. The van der Waals surface area contributed by atoms with Crippen LogP contribution in [0.5, 0.6) is 5.75 Å². The van der Waals surface area contributed by atoms with Crippen LogP contribution in [0, 0.1) is 18.8 Å². The summed E-state index contributed by atoms with van der Waals surface area (Å²) in [5.74, 6) is 1.68. The molecule has 1 fully saturated rings. The minimum atomic E-state index is 0.251. The van der Waals surface area contributed by atoms with E-state index in [0.717, 1.165) is 25.2 Å². The van der Waals surface area contributed by atoms with Crippen LogP contribution in [0.1, 0.15) is 37.4 Å². The molecule has 3 nitrogen and oxygen atoms in total. The molecule has 106 valence electrons. The molecule has 19 heavy (non-hydrogen) atoms. The molecule has 1 aliphatic rings. The summed E-state index contributed by atoms with van der Waals surface area (Å²) in [6, 6.07) is 6.09. The number of hydrogen-bond acceptors (Lipinski definition) is 3. The average Bonchev–Trinajstić information content (AvgIpc) is 2.41. The number of aryl methyl sites for hydroxylation is 1. The highest BCUT2D eigenvalue weighted by atomic mass is 16.3. The van der Waals surface area contributed by atoms with Crippen molar-refractivity contribution < 1.29 is 5.11 Å². The molecule has 0 spiro atoms. The molecule has 1 aliphatic heterocycles. The monoisotopic (exact) mass is 262 g/mol. The third-order valence-electron chi connectivity index (χ3n) is 4.63. The lowest BCUT2D eigenvalue weighted by molar-refractivity contribution is 0.0967. The van der Waals surface area contributed by atoms with Crippen LogP contribution in [0.3, 0.4) is 0 Å². The quantitative estimate of drug-likeness (QED) is 0.880. The fourth-order valence-electron chi connectivity index (χ4n) is 3.04. The summed E-state index contributed by atoms with van der Waals surface area (Å²) in [5.41, 5.74) is 8.10. The number of hydrogen-bond donors (Lipinski definition) is 2. The second-order valence-electron chi connectivity index (χ2n) is 5.99. The van der Waals surface area contributed by atoms with Crippen molar-refractivity contribution in [1.82, 2.24) is 4.90 Å². The normalized spacial score (nSPS) is 26.3. The van der Waals surface area contributed by atoms with E-state index in [1.54, 1.807) is 6.07 Å². The molecule has 0 radical (unpaired) electrons. The van der Waals surface area contributed by atoms with Gasteiger partial charge in [-0.15, -0.1) is 0 Å². The fourth-order valence-corrected chi connectivity index (χ4v) is 3.04. The van der Waals surface area contributed by atoms with E-state index in [4.69, 9.17) is 5.73 Å². The van der Waals surface area contributed by atoms with Gasteiger partial charge < -0.3 is 10.8 Å². The van der Waals surface area contributed by atoms with Crippen LogP contribution < -0.4 is 5.73 Å². The highest BCUT2D eigenvalue weighted by Gasteiger charge is 2.29. The maximum absolute atomic E-state index is 10.1. The maximum Gasteiger partial charge on any atom is 0.120 e.